The summed E-state index contributed by atoms with van der Waals surface area (Å²) in [5, 5.41) is 8.98. The fourth-order valence-electron chi connectivity index (χ4n) is 1.73. The van der Waals surface area contributed by atoms with Crippen LogP contribution in [0.1, 0.15) is 24.1 Å². The van der Waals surface area contributed by atoms with Crippen molar-refractivity contribution in [1.82, 2.24) is 0 Å². The fraction of sp³-hybridized carbons (Fsp3) is 0.417. The number of carboxylic acids is 1. The van der Waals surface area contributed by atoms with Gasteiger partial charge >= 0.3 is 5.97 Å². The van der Waals surface area contributed by atoms with E-state index in [-0.39, 0.29) is 0 Å². The molecule has 0 saturated carbocycles. The number of rotatable bonds is 5. The average Bonchev–Trinajstić information content (AvgIpc) is 2.35. The summed E-state index contributed by atoms with van der Waals surface area (Å²) in [7, 11) is 3.04. The van der Waals surface area contributed by atoms with Crippen molar-refractivity contribution < 1.29 is 19.4 Å². The van der Waals surface area contributed by atoms with Gasteiger partial charge in [0.05, 0.1) is 14.2 Å². The molecule has 0 spiro atoms. The maximum absolute atomic E-state index is 11.0. The van der Waals surface area contributed by atoms with Crippen molar-refractivity contribution >= 4 is 5.97 Å². The quantitative estimate of drug-likeness (QED) is 0.810. The molecule has 5 heteroatoms. The summed E-state index contributed by atoms with van der Waals surface area (Å²) in [6.45, 7) is 1.92. The van der Waals surface area contributed by atoms with Gasteiger partial charge in [-0.3, -0.25) is 4.79 Å². The highest BCUT2D eigenvalue weighted by atomic mass is 16.5. The zero-order chi connectivity index (χ0) is 13.0. The van der Waals surface area contributed by atoms with Crippen LogP contribution in [0.5, 0.6) is 11.5 Å². The van der Waals surface area contributed by atoms with Crippen LogP contribution in [0, 0.1) is 0 Å². The topological polar surface area (TPSA) is 81.8 Å². The van der Waals surface area contributed by atoms with Crippen LogP contribution >= 0.6 is 0 Å². The maximum atomic E-state index is 11.0. The summed E-state index contributed by atoms with van der Waals surface area (Å²) in [5.41, 5.74) is 6.97. The number of methoxy groups -OCH3 is 2. The Kier molecular flexibility index (Phi) is 4.34. The van der Waals surface area contributed by atoms with Gasteiger partial charge in [0.1, 0.15) is 17.5 Å². The minimum Gasteiger partial charge on any atom is -0.497 e. The summed E-state index contributed by atoms with van der Waals surface area (Å²) in [6, 6.07) is 2.28. The molecular formula is C12H17NO4. The first-order valence-electron chi connectivity index (χ1n) is 5.28. The smallest absolute Gasteiger partial charge is 0.325 e. The Bertz CT molecular complexity index is 417. The summed E-state index contributed by atoms with van der Waals surface area (Å²) in [4.78, 5) is 11.0. The van der Waals surface area contributed by atoms with Gasteiger partial charge in [0.25, 0.3) is 0 Å². The largest absolute Gasteiger partial charge is 0.497 e. The molecule has 0 heterocycles. The van der Waals surface area contributed by atoms with Crippen LogP contribution in [-0.4, -0.2) is 25.3 Å². The van der Waals surface area contributed by atoms with E-state index in [0.717, 1.165) is 5.56 Å². The van der Waals surface area contributed by atoms with Crippen LogP contribution in [-0.2, 0) is 11.2 Å². The van der Waals surface area contributed by atoms with E-state index in [1.54, 1.807) is 12.1 Å². The summed E-state index contributed by atoms with van der Waals surface area (Å²) >= 11 is 0. The molecular weight excluding hydrogens is 222 g/mol. The van der Waals surface area contributed by atoms with Crippen LogP contribution in [0.3, 0.4) is 0 Å². The molecule has 1 aromatic carbocycles. The van der Waals surface area contributed by atoms with Crippen molar-refractivity contribution in [2.75, 3.05) is 14.2 Å². The Hall–Kier alpha value is -1.75. The first-order chi connectivity index (χ1) is 8.04. The van der Waals surface area contributed by atoms with E-state index in [4.69, 9.17) is 20.3 Å². The van der Waals surface area contributed by atoms with Crippen LogP contribution < -0.4 is 15.2 Å². The SMILES string of the molecule is CCc1c(OC)cc(OC)cc1C(N)C(=O)O. The lowest BCUT2D eigenvalue weighted by atomic mass is 9.97. The third kappa shape index (κ3) is 2.68. The molecule has 0 bridgehead atoms. The van der Waals surface area contributed by atoms with Crippen molar-refractivity contribution in [3.8, 4) is 11.5 Å². The number of carboxylic acid groups (broad SMARTS) is 1. The summed E-state index contributed by atoms with van der Waals surface area (Å²) in [5.74, 6) is 0.0549. The van der Waals surface area contributed by atoms with Gasteiger partial charge in [-0.2, -0.15) is 0 Å². The highest BCUT2D eigenvalue weighted by Gasteiger charge is 2.21. The molecule has 5 nitrogen and oxygen atoms in total. The Balaban J connectivity index is 3.38. The lowest BCUT2D eigenvalue weighted by Gasteiger charge is -2.17. The molecule has 0 saturated heterocycles. The van der Waals surface area contributed by atoms with Gasteiger partial charge in [-0.05, 0) is 23.6 Å². The first kappa shape index (κ1) is 13.3. The molecule has 1 atom stereocenters. The molecule has 3 N–H and O–H groups in total. The zero-order valence-corrected chi connectivity index (χ0v) is 10.2. The summed E-state index contributed by atoms with van der Waals surface area (Å²) in [6.07, 6.45) is 0.642. The molecule has 1 rings (SSSR count). The van der Waals surface area contributed by atoms with E-state index >= 15 is 0 Å². The molecule has 0 aliphatic carbocycles. The molecule has 0 amide bonds. The van der Waals surface area contributed by atoms with E-state index in [9.17, 15) is 4.79 Å². The minimum atomic E-state index is -1.08. The van der Waals surface area contributed by atoms with Crippen LogP contribution in [0.15, 0.2) is 12.1 Å². The second kappa shape index (κ2) is 5.54. The van der Waals surface area contributed by atoms with Crippen molar-refractivity contribution in [2.45, 2.75) is 19.4 Å². The van der Waals surface area contributed by atoms with Gasteiger partial charge in [0, 0.05) is 6.07 Å². The second-order valence-corrected chi connectivity index (χ2v) is 3.57. The lowest BCUT2D eigenvalue weighted by Crippen LogP contribution is -2.22. The number of carbonyl (C=O) groups is 1. The van der Waals surface area contributed by atoms with Gasteiger partial charge in [-0.15, -0.1) is 0 Å². The van der Waals surface area contributed by atoms with Crippen molar-refractivity contribution in [3.63, 3.8) is 0 Å². The Morgan fingerprint density at radius 3 is 2.47 bits per heavy atom. The highest BCUT2D eigenvalue weighted by Crippen LogP contribution is 2.32. The Labute approximate surface area is 100 Å². The van der Waals surface area contributed by atoms with Crippen molar-refractivity contribution in [2.24, 2.45) is 5.73 Å². The monoisotopic (exact) mass is 239 g/mol. The number of hydrogen-bond donors (Lipinski definition) is 2. The van der Waals surface area contributed by atoms with E-state index in [1.165, 1.54) is 14.2 Å². The molecule has 17 heavy (non-hydrogen) atoms. The number of nitrogens with two attached hydrogens (primary N) is 1. The number of ether oxygens (including phenoxy) is 2. The third-order valence-electron chi connectivity index (χ3n) is 2.63. The number of hydrogen-bond acceptors (Lipinski definition) is 4. The molecule has 0 radical (unpaired) electrons. The molecule has 0 fully saturated rings. The van der Waals surface area contributed by atoms with Crippen molar-refractivity contribution in [1.29, 1.82) is 0 Å². The van der Waals surface area contributed by atoms with Crippen LogP contribution in [0.2, 0.25) is 0 Å². The Morgan fingerprint density at radius 2 is 2.06 bits per heavy atom. The molecule has 0 aliphatic heterocycles. The lowest BCUT2D eigenvalue weighted by molar-refractivity contribution is -0.138. The predicted octanol–water partition coefficient (Wildman–Crippen LogP) is 1.35. The molecule has 0 aromatic heterocycles. The zero-order valence-electron chi connectivity index (χ0n) is 10.2. The molecule has 1 aromatic rings. The Morgan fingerprint density at radius 1 is 1.41 bits per heavy atom. The highest BCUT2D eigenvalue weighted by molar-refractivity contribution is 5.76. The first-order valence-corrected chi connectivity index (χ1v) is 5.28. The fourth-order valence-corrected chi connectivity index (χ4v) is 1.73. The van der Waals surface area contributed by atoms with E-state index in [0.29, 0.717) is 23.5 Å². The van der Waals surface area contributed by atoms with Gasteiger partial charge in [0.15, 0.2) is 0 Å². The second-order valence-electron chi connectivity index (χ2n) is 3.57. The standard InChI is InChI=1S/C12H17NO4/c1-4-8-9(11(13)12(14)15)5-7(16-2)6-10(8)17-3/h5-6,11H,4,13H2,1-3H3,(H,14,15). The minimum absolute atomic E-state index is 0.524. The van der Waals surface area contributed by atoms with Gasteiger partial charge in [-0.1, -0.05) is 6.92 Å². The van der Waals surface area contributed by atoms with Gasteiger partial charge in [0.2, 0.25) is 0 Å². The van der Waals surface area contributed by atoms with Crippen molar-refractivity contribution in [3.05, 3.63) is 23.3 Å². The normalized spacial score (nSPS) is 12.0. The predicted molar refractivity (Wildman–Crippen MR) is 63.5 cm³/mol. The van der Waals surface area contributed by atoms with Crippen LogP contribution in [0.4, 0.5) is 0 Å². The van der Waals surface area contributed by atoms with E-state index in [2.05, 4.69) is 0 Å². The average molecular weight is 239 g/mol. The summed E-state index contributed by atoms with van der Waals surface area (Å²) < 4.78 is 10.3. The van der Waals surface area contributed by atoms with Gasteiger partial charge in [-0.25, -0.2) is 0 Å². The molecule has 94 valence electrons. The number of aliphatic carboxylic acids is 1. The van der Waals surface area contributed by atoms with Gasteiger partial charge < -0.3 is 20.3 Å². The van der Waals surface area contributed by atoms with E-state index < -0.39 is 12.0 Å². The molecule has 1 unspecified atom stereocenters. The third-order valence-corrected chi connectivity index (χ3v) is 2.63. The molecule has 0 aliphatic rings. The van der Waals surface area contributed by atoms with Crippen LogP contribution in [0.25, 0.3) is 0 Å². The number of benzene rings is 1. The van der Waals surface area contributed by atoms with E-state index in [1.807, 2.05) is 6.92 Å². The maximum Gasteiger partial charge on any atom is 0.325 e.